The second kappa shape index (κ2) is 5.58. The van der Waals surface area contributed by atoms with Gasteiger partial charge in [-0.25, -0.2) is 0 Å². The molecule has 0 bridgehead atoms. The maximum atomic E-state index is 12.4. The van der Waals surface area contributed by atoms with Crippen molar-refractivity contribution in [2.75, 3.05) is 13.1 Å². The molecule has 108 valence electrons. The predicted molar refractivity (Wildman–Crippen MR) is 73.7 cm³/mol. The van der Waals surface area contributed by atoms with E-state index in [2.05, 4.69) is 0 Å². The summed E-state index contributed by atoms with van der Waals surface area (Å²) < 4.78 is 5.58. The fourth-order valence-corrected chi connectivity index (χ4v) is 2.47. The summed E-state index contributed by atoms with van der Waals surface area (Å²) in [6, 6.07) is 4.59. The minimum absolute atomic E-state index is 0.0230. The first-order chi connectivity index (χ1) is 9.38. The standard InChI is InChI=1S/C14H18N2O4/c1-9-4-5-12(6-13(9)16(18)19)14(17)15-7-10(2)20-11(3)8-15/h4-6,10-11H,7-8H2,1-3H3/t10-,11-/m1/s1. The summed E-state index contributed by atoms with van der Waals surface area (Å²) in [5.74, 6) is -0.185. The zero-order valence-corrected chi connectivity index (χ0v) is 11.8. The summed E-state index contributed by atoms with van der Waals surface area (Å²) in [5.41, 5.74) is 0.879. The molecule has 0 aromatic heterocycles. The quantitative estimate of drug-likeness (QED) is 0.613. The van der Waals surface area contributed by atoms with E-state index in [0.717, 1.165) is 0 Å². The van der Waals surface area contributed by atoms with Crippen molar-refractivity contribution in [1.82, 2.24) is 4.90 Å². The van der Waals surface area contributed by atoms with Gasteiger partial charge in [-0.1, -0.05) is 6.07 Å². The van der Waals surface area contributed by atoms with Crippen LogP contribution in [0.15, 0.2) is 18.2 Å². The molecule has 0 N–H and O–H groups in total. The van der Waals surface area contributed by atoms with Gasteiger partial charge in [-0.15, -0.1) is 0 Å². The second-order valence-electron chi connectivity index (χ2n) is 5.23. The van der Waals surface area contributed by atoms with Crippen LogP contribution in [0.1, 0.15) is 29.8 Å². The Morgan fingerprint density at radius 2 is 1.95 bits per heavy atom. The van der Waals surface area contributed by atoms with Crippen LogP contribution in [-0.4, -0.2) is 41.0 Å². The normalized spacial score (nSPS) is 22.6. The van der Waals surface area contributed by atoms with Gasteiger partial charge in [0.1, 0.15) is 0 Å². The SMILES string of the molecule is Cc1ccc(C(=O)N2C[C@@H](C)O[C@H](C)C2)cc1[N+](=O)[O-]. The third-order valence-corrected chi connectivity index (χ3v) is 3.36. The van der Waals surface area contributed by atoms with E-state index in [4.69, 9.17) is 4.74 Å². The molecule has 2 atom stereocenters. The molecule has 0 radical (unpaired) electrons. The smallest absolute Gasteiger partial charge is 0.273 e. The number of rotatable bonds is 2. The van der Waals surface area contributed by atoms with E-state index in [1.54, 1.807) is 24.0 Å². The van der Waals surface area contributed by atoms with Crippen LogP contribution in [-0.2, 0) is 4.74 Å². The highest BCUT2D eigenvalue weighted by Gasteiger charge is 2.27. The molecule has 0 unspecified atom stereocenters. The Balaban J connectivity index is 2.25. The summed E-state index contributed by atoms with van der Waals surface area (Å²) in [6.45, 7) is 6.49. The first-order valence-corrected chi connectivity index (χ1v) is 6.58. The predicted octanol–water partition coefficient (Wildman–Crippen LogP) is 2.15. The lowest BCUT2D eigenvalue weighted by molar-refractivity contribution is -0.385. The van der Waals surface area contributed by atoms with E-state index in [1.165, 1.54) is 6.07 Å². The summed E-state index contributed by atoms with van der Waals surface area (Å²) >= 11 is 0. The summed E-state index contributed by atoms with van der Waals surface area (Å²) in [7, 11) is 0. The van der Waals surface area contributed by atoms with Gasteiger partial charge in [0.15, 0.2) is 0 Å². The number of carbonyl (C=O) groups is 1. The summed E-state index contributed by atoms with van der Waals surface area (Å²) in [6.07, 6.45) is -0.0498. The largest absolute Gasteiger partial charge is 0.372 e. The number of nitro benzene ring substituents is 1. The molecule has 6 nitrogen and oxygen atoms in total. The molecule has 1 heterocycles. The molecule has 0 aliphatic carbocycles. The summed E-state index contributed by atoms with van der Waals surface area (Å²) in [5, 5.41) is 10.9. The van der Waals surface area contributed by atoms with Crippen LogP contribution in [0.3, 0.4) is 0 Å². The van der Waals surface area contributed by atoms with Gasteiger partial charge in [-0.2, -0.15) is 0 Å². The van der Waals surface area contributed by atoms with Gasteiger partial charge < -0.3 is 9.64 Å². The Hall–Kier alpha value is -1.95. The molecule has 1 amide bonds. The van der Waals surface area contributed by atoms with Gasteiger partial charge in [0.2, 0.25) is 0 Å². The highest BCUT2D eigenvalue weighted by Crippen LogP contribution is 2.21. The van der Waals surface area contributed by atoms with Crippen LogP contribution in [0, 0.1) is 17.0 Å². The number of morpholine rings is 1. The van der Waals surface area contributed by atoms with E-state index in [9.17, 15) is 14.9 Å². The van der Waals surface area contributed by atoms with Crippen molar-refractivity contribution in [3.05, 3.63) is 39.4 Å². The number of hydrogen-bond donors (Lipinski definition) is 0. The highest BCUT2D eigenvalue weighted by molar-refractivity contribution is 5.95. The van der Waals surface area contributed by atoms with Crippen molar-refractivity contribution in [1.29, 1.82) is 0 Å². The van der Waals surface area contributed by atoms with Crippen molar-refractivity contribution in [2.45, 2.75) is 33.0 Å². The topological polar surface area (TPSA) is 72.7 Å². The first kappa shape index (κ1) is 14.5. The molecule has 1 aromatic carbocycles. The molecular formula is C14H18N2O4. The van der Waals surface area contributed by atoms with Crippen molar-refractivity contribution < 1.29 is 14.5 Å². The van der Waals surface area contributed by atoms with Gasteiger partial charge in [-0.3, -0.25) is 14.9 Å². The number of carbonyl (C=O) groups excluding carboxylic acids is 1. The van der Waals surface area contributed by atoms with Gasteiger partial charge in [0, 0.05) is 30.3 Å². The lowest BCUT2D eigenvalue weighted by atomic mass is 10.1. The third kappa shape index (κ3) is 2.96. The molecule has 2 rings (SSSR count). The Morgan fingerprint density at radius 1 is 1.35 bits per heavy atom. The number of nitro groups is 1. The van der Waals surface area contributed by atoms with Gasteiger partial charge in [0.25, 0.3) is 11.6 Å². The van der Waals surface area contributed by atoms with E-state index in [-0.39, 0.29) is 23.8 Å². The highest BCUT2D eigenvalue weighted by atomic mass is 16.6. The second-order valence-corrected chi connectivity index (χ2v) is 5.23. The molecule has 20 heavy (non-hydrogen) atoms. The lowest BCUT2D eigenvalue weighted by Crippen LogP contribution is -2.48. The lowest BCUT2D eigenvalue weighted by Gasteiger charge is -2.35. The minimum atomic E-state index is -0.462. The van der Waals surface area contributed by atoms with Crippen LogP contribution >= 0.6 is 0 Å². The third-order valence-electron chi connectivity index (χ3n) is 3.36. The summed E-state index contributed by atoms with van der Waals surface area (Å²) in [4.78, 5) is 24.6. The first-order valence-electron chi connectivity index (χ1n) is 6.58. The molecule has 0 saturated carbocycles. The average Bonchev–Trinajstić information content (AvgIpc) is 2.37. The van der Waals surface area contributed by atoms with Crippen LogP contribution in [0.4, 0.5) is 5.69 Å². The maximum absolute atomic E-state index is 12.4. The van der Waals surface area contributed by atoms with E-state index in [0.29, 0.717) is 24.2 Å². The van der Waals surface area contributed by atoms with Crippen molar-refractivity contribution >= 4 is 11.6 Å². The fraction of sp³-hybridized carbons (Fsp3) is 0.500. The maximum Gasteiger partial charge on any atom is 0.273 e. The fourth-order valence-electron chi connectivity index (χ4n) is 2.47. The number of nitrogens with zero attached hydrogens (tertiary/aromatic N) is 2. The van der Waals surface area contributed by atoms with E-state index < -0.39 is 4.92 Å². The zero-order valence-electron chi connectivity index (χ0n) is 11.8. The van der Waals surface area contributed by atoms with Crippen LogP contribution in [0.5, 0.6) is 0 Å². The Bertz CT molecular complexity index is 534. The Labute approximate surface area is 117 Å². The number of aryl methyl sites for hydroxylation is 1. The molecular weight excluding hydrogens is 260 g/mol. The number of benzene rings is 1. The van der Waals surface area contributed by atoms with Crippen molar-refractivity contribution in [3.8, 4) is 0 Å². The van der Waals surface area contributed by atoms with Crippen molar-refractivity contribution in [2.24, 2.45) is 0 Å². The number of amides is 1. The van der Waals surface area contributed by atoms with Crippen LogP contribution < -0.4 is 0 Å². The number of hydrogen-bond acceptors (Lipinski definition) is 4. The van der Waals surface area contributed by atoms with Crippen LogP contribution in [0.2, 0.25) is 0 Å². The van der Waals surface area contributed by atoms with Gasteiger partial charge in [-0.05, 0) is 26.8 Å². The molecule has 1 saturated heterocycles. The molecule has 1 aliphatic heterocycles. The van der Waals surface area contributed by atoms with Crippen molar-refractivity contribution in [3.63, 3.8) is 0 Å². The average molecular weight is 278 g/mol. The molecule has 0 spiro atoms. The molecule has 1 aliphatic rings. The number of ether oxygens (including phenoxy) is 1. The van der Waals surface area contributed by atoms with Crippen LogP contribution in [0.25, 0.3) is 0 Å². The monoisotopic (exact) mass is 278 g/mol. The van der Waals surface area contributed by atoms with Gasteiger partial charge >= 0.3 is 0 Å². The Kier molecular flexibility index (Phi) is 4.04. The minimum Gasteiger partial charge on any atom is -0.372 e. The molecule has 6 heteroatoms. The molecule has 1 aromatic rings. The Morgan fingerprint density at radius 3 is 2.50 bits per heavy atom. The van der Waals surface area contributed by atoms with Gasteiger partial charge in [0.05, 0.1) is 17.1 Å². The molecule has 1 fully saturated rings. The zero-order chi connectivity index (χ0) is 14.9. The van der Waals surface area contributed by atoms with E-state index >= 15 is 0 Å². The van der Waals surface area contributed by atoms with E-state index in [1.807, 2.05) is 13.8 Å².